The van der Waals surface area contributed by atoms with Crippen molar-refractivity contribution in [3.05, 3.63) is 64.7 Å². The average Bonchev–Trinajstić information content (AvgIpc) is 2.62. The van der Waals surface area contributed by atoms with E-state index in [1.54, 1.807) is 12.1 Å². The van der Waals surface area contributed by atoms with Gasteiger partial charge in [0.25, 0.3) is 0 Å². The van der Waals surface area contributed by atoms with Gasteiger partial charge in [0.15, 0.2) is 0 Å². The van der Waals surface area contributed by atoms with Crippen molar-refractivity contribution in [2.24, 2.45) is 5.92 Å². The molecule has 1 aliphatic rings. The second kappa shape index (κ2) is 7.65. The van der Waals surface area contributed by atoms with Crippen molar-refractivity contribution in [3.8, 4) is 11.8 Å². The molecule has 1 fully saturated rings. The highest BCUT2D eigenvalue weighted by atomic mass is 19.1. The van der Waals surface area contributed by atoms with Gasteiger partial charge in [-0.15, -0.1) is 0 Å². The summed E-state index contributed by atoms with van der Waals surface area (Å²) in [5.74, 6) is -1.80. The van der Waals surface area contributed by atoms with E-state index in [4.69, 9.17) is 10.00 Å². The molecule has 0 atom stereocenters. The first-order chi connectivity index (χ1) is 12.5. The minimum Gasteiger partial charge on any atom is -0.423 e. The van der Waals surface area contributed by atoms with Crippen LogP contribution in [-0.4, -0.2) is 5.97 Å². The van der Waals surface area contributed by atoms with Crippen LogP contribution < -0.4 is 4.74 Å². The first-order valence-electron chi connectivity index (χ1n) is 8.69. The van der Waals surface area contributed by atoms with E-state index in [-0.39, 0.29) is 5.75 Å². The van der Waals surface area contributed by atoms with Gasteiger partial charge in [-0.1, -0.05) is 31.9 Å². The summed E-state index contributed by atoms with van der Waals surface area (Å²) in [6.45, 7) is 2.27. The lowest BCUT2D eigenvalue weighted by Gasteiger charge is -2.26. The van der Waals surface area contributed by atoms with E-state index < -0.39 is 23.2 Å². The normalized spacial score (nSPS) is 19.6. The summed E-state index contributed by atoms with van der Waals surface area (Å²) in [6.07, 6.45) is 4.72. The zero-order chi connectivity index (χ0) is 18.7. The van der Waals surface area contributed by atoms with E-state index in [1.165, 1.54) is 24.5 Å². The van der Waals surface area contributed by atoms with Gasteiger partial charge < -0.3 is 4.74 Å². The Bertz CT molecular complexity index is 824. The van der Waals surface area contributed by atoms with Gasteiger partial charge in [0.05, 0.1) is 5.56 Å². The molecule has 0 spiro atoms. The van der Waals surface area contributed by atoms with Crippen molar-refractivity contribution in [1.82, 2.24) is 0 Å². The molecule has 0 bridgehead atoms. The fraction of sp³-hybridized carbons (Fsp3) is 0.333. The van der Waals surface area contributed by atoms with Gasteiger partial charge in [-0.25, -0.2) is 13.6 Å². The van der Waals surface area contributed by atoms with Gasteiger partial charge in [0, 0.05) is 12.1 Å². The summed E-state index contributed by atoms with van der Waals surface area (Å²) in [4.78, 5) is 12.2. The number of esters is 1. The Kier molecular flexibility index (Phi) is 5.32. The van der Waals surface area contributed by atoms with Crippen LogP contribution in [0.5, 0.6) is 5.75 Å². The van der Waals surface area contributed by atoms with Crippen LogP contribution in [0, 0.1) is 28.9 Å². The van der Waals surface area contributed by atoms with E-state index >= 15 is 0 Å². The van der Waals surface area contributed by atoms with Crippen LogP contribution in [0.25, 0.3) is 0 Å². The lowest BCUT2D eigenvalue weighted by atomic mass is 9.79. The van der Waals surface area contributed by atoms with E-state index in [9.17, 15) is 13.6 Å². The Balaban J connectivity index is 1.70. The van der Waals surface area contributed by atoms with Crippen LogP contribution in [0.15, 0.2) is 36.4 Å². The van der Waals surface area contributed by atoms with Crippen molar-refractivity contribution >= 4 is 5.97 Å². The smallest absolute Gasteiger partial charge is 0.343 e. The first-order valence-corrected chi connectivity index (χ1v) is 8.69. The highest BCUT2D eigenvalue weighted by molar-refractivity contribution is 5.91. The second-order valence-electron chi connectivity index (χ2n) is 6.84. The number of carbonyl (C=O) groups excluding carboxylic acids is 1. The van der Waals surface area contributed by atoms with Crippen molar-refractivity contribution in [2.75, 3.05) is 0 Å². The Morgan fingerprint density at radius 1 is 1.08 bits per heavy atom. The molecule has 0 aliphatic heterocycles. The van der Waals surface area contributed by atoms with Crippen LogP contribution in [0.1, 0.15) is 60.0 Å². The number of nitriles is 1. The summed E-state index contributed by atoms with van der Waals surface area (Å²) in [7, 11) is 0. The SMILES string of the molecule is CC1CCC(c2ccc(C(=O)Oc3cc(F)c(C#N)c(F)c3)cc2)CC1. The molecule has 0 amide bonds. The molecular formula is C21H19F2NO2. The highest BCUT2D eigenvalue weighted by Gasteiger charge is 2.20. The number of halogens is 2. The van der Waals surface area contributed by atoms with Crippen LogP contribution in [-0.2, 0) is 0 Å². The Labute approximate surface area is 151 Å². The Hall–Kier alpha value is -2.74. The monoisotopic (exact) mass is 355 g/mol. The molecule has 0 aromatic heterocycles. The molecule has 3 rings (SSSR count). The minimum atomic E-state index is -1.06. The zero-order valence-corrected chi connectivity index (χ0v) is 14.5. The number of rotatable bonds is 3. The second-order valence-corrected chi connectivity index (χ2v) is 6.84. The molecule has 26 heavy (non-hydrogen) atoms. The standard InChI is InChI=1S/C21H19F2NO2/c1-13-2-4-14(5-3-13)15-6-8-16(9-7-15)21(25)26-17-10-19(22)18(12-24)20(23)11-17/h6-11,13-14H,2-5H2,1H3. The Morgan fingerprint density at radius 2 is 1.65 bits per heavy atom. The van der Waals surface area contributed by atoms with Gasteiger partial charge >= 0.3 is 5.97 Å². The molecule has 0 N–H and O–H groups in total. The molecule has 0 heterocycles. The predicted molar refractivity (Wildman–Crippen MR) is 92.8 cm³/mol. The third-order valence-electron chi connectivity index (χ3n) is 4.97. The summed E-state index contributed by atoms with van der Waals surface area (Å²) >= 11 is 0. The van der Waals surface area contributed by atoms with Gasteiger partial charge in [-0.3, -0.25) is 0 Å². The van der Waals surface area contributed by atoms with Gasteiger partial charge in [0.1, 0.15) is 29.0 Å². The van der Waals surface area contributed by atoms with Crippen molar-refractivity contribution in [1.29, 1.82) is 5.26 Å². The summed E-state index contributed by atoms with van der Waals surface area (Å²) in [5.41, 5.74) is 0.808. The summed E-state index contributed by atoms with van der Waals surface area (Å²) in [5, 5.41) is 8.66. The molecule has 1 saturated carbocycles. The quantitative estimate of drug-likeness (QED) is 0.551. The molecule has 134 valence electrons. The van der Waals surface area contributed by atoms with Crippen LogP contribution in [0.3, 0.4) is 0 Å². The number of carbonyl (C=O) groups is 1. The molecule has 2 aromatic rings. The summed E-state index contributed by atoms with van der Waals surface area (Å²) in [6, 6.07) is 10.3. The molecule has 1 aliphatic carbocycles. The minimum absolute atomic E-state index is 0.269. The fourth-order valence-corrected chi connectivity index (χ4v) is 3.37. The number of nitrogens with zero attached hydrogens (tertiary/aromatic N) is 1. The largest absolute Gasteiger partial charge is 0.423 e. The topological polar surface area (TPSA) is 50.1 Å². The maximum atomic E-state index is 13.6. The highest BCUT2D eigenvalue weighted by Crippen LogP contribution is 2.35. The van der Waals surface area contributed by atoms with Crippen LogP contribution >= 0.6 is 0 Å². The van der Waals surface area contributed by atoms with Gasteiger partial charge in [0.2, 0.25) is 0 Å². The third-order valence-corrected chi connectivity index (χ3v) is 4.97. The molecule has 0 saturated heterocycles. The van der Waals surface area contributed by atoms with Gasteiger partial charge in [-0.05, 0) is 42.4 Å². The maximum Gasteiger partial charge on any atom is 0.343 e. The van der Waals surface area contributed by atoms with E-state index in [1.807, 2.05) is 12.1 Å². The lowest BCUT2D eigenvalue weighted by Crippen LogP contribution is -2.12. The van der Waals surface area contributed by atoms with Crippen LogP contribution in [0.2, 0.25) is 0 Å². The zero-order valence-electron chi connectivity index (χ0n) is 14.5. The van der Waals surface area contributed by atoms with Crippen molar-refractivity contribution in [3.63, 3.8) is 0 Å². The van der Waals surface area contributed by atoms with Crippen LogP contribution in [0.4, 0.5) is 8.78 Å². The molecule has 3 nitrogen and oxygen atoms in total. The third kappa shape index (κ3) is 3.91. The molecule has 5 heteroatoms. The first kappa shape index (κ1) is 18.1. The van der Waals surface area contributed by atoms with E-state index in [0.29, 0.717) is 11.5 Å². The van der Waals surface area contributed by atoms with Crippen molar-refractivity contribution in [2.45, 2.75) is 38.5 Å². The molecule has 0 unspecified atom stereocenters. The number of benzene rings is 2. The lowest BCUT2D eigenvalue weighted by molar-refractivity contribution is 0.0734. The van der Waals surface area contributed by atoms with Crippen molar-refractivity contribution < 1.29 is 18.3 Å². The van der Waals surface area contributed by atoms with E-state index in [2.05, 4.69) is 6.92 Å². The molecule has 0 radical (unpaired) electrons. The summed E-state index contributed by atoms with van der Waals surface area (Å²) < 4.78 is 32.2. The average molecular weight is 355 g/mol. The Morgan fingerprint density at radius 3 is 2.19 bits per heavy atom. The predicted octanol–water partition coefficient (Wildman–Crippen LogP) is 5.35. The number of hydrogen-bond acceptors (Lipinski definition) is 3. The fourth-order valence-electron chi connectivity index (χ4n) is 3.37. The number of ether oxygens (including phenoxy) is 1. The number of hydrogen-bond donors (Lipinski definition) is 0. The molecule has 2 aromatic carbocycles. The molecular weight excluding hydrogens is 336 g/mol. The van der Waals surface area contributed by atoms with Gasteiger partial charge in [-0.2, -0.15) is 5.26 Å². The maximum absolute atomic E-state index is 13.6. The van der Waals surface area contributed by atoms with E-state index in [0.717, 1.165) is 30.9 Å².